The number of benzene rings is 1. The van der Waals surface area contributed by atoms with Crippen LogP contribution in [0.1, 0.15) is 31.1 Å². The minimum atomic E-state index is -2.15. The van der Waals surface area contributed by atoms with Crippen LogP contribution in [0.5, 0.6) is 11.5 Å². The quantitative estimate of drug-likeness (QED) is 0.800. The molecule has 0 aliphatic rings. The molecule has 0 aliphatic heterocycles. The molecule has 0 unspecified atom stereocenters. The highest BCUT2D eigenvalue weighted by atomic mass is 79.9. The number of carboxylic acid groups (broad SMARTS) is 1. The minimum Gasteiger partial charge on any atom is -0.540 e. The Morgan fingerprint density at radius 2 is 1.85 bits per heavy atom. The van der Waals surface area contributed by atoms with Crippen LogP contribution in [0.15, 0.2) is 16.6 Å². The second kappa shape index (κ2) is 5.77. The second-order valence-electron chi connectivity index (χ2n) is 6.15. The first-order valence-electron chi connectivity index (χ1n) is 6.29. The topological polar surface area (TPSA) is 55.8 Å². The van der Waals surface area contributed by atoms with Crippen molar-refractivity contribution in [1.29, 1.82) is 0 Å². The Morgan fingerprint density at radius 3 is 2.25 bits per heavy atom. The first kappa shape index (κ1) is 17.0. The van der Waals surface area contributed by atoms with E-state index in [0.717, 1.165) is 0 Å². The Balaban J connectivity index is 3.40. The van der Waals surface area contributed by atoms with E-state index < -0.39 is 14.3 Å². The zero-order chi connectivity index (χ0) is 15.7. The number of ether oxygens (including phenoxy) is 1. The van der Waals surface area contributed by atoms with Crippen molar-refractivity contribution in [2.45, 2.75) is 38.9 Å². The van der Waals surface area contributed by atoms with Gasteiger partial charge in [-0.15, -0.1) is 0 Å². The van der Waals surface area contributed by atoms with Gasteiger partial charge in [0, 0.05) is 4.47 Å². The molecular weight excluding hydrogens is 340 g/mol. The molecule has 6 heteroatoms. The molecular formula is C14H21BrO4Si. The third-order valence-corrected chi connectivity index (χ3v) is 8.42. The average molecular weight is 361 g/mol. The summed E-state index contributed by atoms with van der Waals surface area (Å²) in [5.41, 5.74) is 0.112. The maximum absolute atomic E-state index is 11.4. The summed E-state index contributed by atoms with van der Waals surface area (Å²) in [5.74, 6) is -0.283. The first-order valence-corrected chi connectivity index (χ1v) is 9.99. The van der Waals surface area contributed by atoms with Crippen LogP contribution >= 0.6 is 15.9 Å². The van der Waals surface area contributed by atoms with E-state index in [2.05, 4.69) is 49.8 Å². The van der Waals surface area contributed by atoms with E-state index in [9.17, 15) is 9.90 Å². The lowest BCUT2D eigenvalue weighted by molar-refractivity contribution is 0.0694. The van der Waals surface area contributed by atoms with Gasteiger partial charge >= 0.3 is 5.97 Å². The van der Waals surface area contributed by atoms with Crippen LogP contribution in [0.4, 0.5) is 0 Å². The summed E-state index contributed by atoms with van der Waals surface area (Å²) < 4.78 is 12.1. The number of halogens is 1. The highest BCUT2D eigenvalue weighted by molar-refractivity contribution is 9.10. The van der Waals surface area contributed by atoms with Crippen LogP contribution in [0.25, 0.3) is 0 Å². The largest absolute Gasteiger partial charge is 0.540 e. The molecule has 0 bridgehead atoms. The van der Waals surface area contributed by atoms with E-state index in [1.807, 2.05) is 0 Å². The number of carbonyl (C=O) groups is 1. The van der Waals surface area contributed by atoms with Gasteiger partial charge in [-0.2, -0.15) is 0 Å². The molecule has 0 heterocycles. The molecule has 0 aliphatic carbocycles. The standard InChI is InChI=1S/C14H21BrO4Si/c1-14(2,3)20(5,6)19-12-10(13(16)17)7-9(15)8-11(12)18-4/h7-8H,1-6H3,(H,16,17). The molecule has 1 aromatic rings. The van der Waals surface area contributed by atoms with E-state index >= 15 is 0 Å². The van der Waals surface area contributed by atoms with Gasteiger partial charge < -0.3 is 14.3 Å². The normalized spacial score (nSPS) is 12.2. The van der Waals surface area contributed by atoms with Crippen molar-refractivity contribution < 1.29 is 19.1 Å². The van der Waals surface area contributed by atoms with Gasteiger partial charge in [0.2, 0.25) is 0 Å². The monoisotopic (exact) mass is 360 g/mol. The minimum absolute atomic E-state index is 0.0269. The molecule has 0 atom stereocenters. The van der Waals surface area contributed by atoms with Crippen molar-refractivity contribution in [2.75, 3.05) is 7.11 Å². The molecule has 1 rings (SSSR count). The Bertz CT molecular complexity index is 521. The lowest BCUT2D eigenvalue weighted by Gasteiger charge is -2.37. The fraction of sp³-hybridized carbons (Fsp3) is 0.500. The number of aromatic carboxylic acids is 1. The highest BCUT2D eigenvalue weighted by Crippen LogP contribution is 2.42. The molecule has 1 N–H and O–H groups in total. The van der Waals surface area contributed by atoms with Crippen LogP contribution in [0, 0.1) is 0 Å². The SMILES string of the molecule is COc1cc(Br)cc(C(=O)O)c1O[Si](C)(C)C(C)(C)C. The number of rotatable bonds is 4. The average Bonchev–Trinajstić information content (AvgIpc) is 2.28. The van der Waals surface area contributed by atoms with Gasteiger partial charge in [0.1, 0.15) is 5.56 Å². The lowest BCUT2D eigenvalue weighted by atomic mass is 10.2. The third kappa shape index (κ3) is 3.55. The first-order chi connectivity index (χ1) is 8.99. The van der Waals surface area contributed by atoms with Gasteiger partial charge in [-0.25, -0.2) is 4.79 Å². The summed E-state index contributed by atoms with van der Waals surface area (Å²) in [6, 6.07) is 3.25. The van der Waals surface area contributed by atoms with E-state index in [4.69, 9.17) is 9.16 Å². The zero-order valence-electron chi connectivity index (χ0n) is 12.7. The van der Waals surface area contributed by atoms with Gasteiger partial charge in [0.25, 0.3) is 8.32 Å². The predicted molar refractivity (Wildman–Crippen MR) is 85.5 cm³/mol. The summed E-state index contributed by atoms with van der Waals surface area (Å²) in [6.07, 6.45) is 0. The van der Waals surface area contributed by atoms with Crippen LogP contribution in [0.2, 0.25) is 18.1 Å². The molecule has 0 radical (unpaired) electrons. The van der Waals surface area contributed by atoms with Gasteiger partial charge in [-0.05, 0) is 30.3 Å². The van der Waals surface area contributed by atoms with Crippen molar-refractivity contribution in [3.8, 4) is 11.5 Å². The van der Waals surface area contributed by atoms with Crippen molar-refractivity contribution >= 4 is 30.2 Å². The number of hydrogen-bond acceptors (Lipinski definition) is 3. The lowest BCUT2D eigenvalue weighted by Crippen LogP contribution is -2.44. The summed E-state index contributed by atoms with van der Waals surface area (Å²) in [4.78, 5) is 11.4. The van der Waals surface area contributed by atoms with Crippen LogP contribution < -0.4 is 9.16 Å². The molecule has 0 aromatic heterocycles. The Morgan fingerprint density at radius 1 is 1.30 bits per heavy atom. The van der Waals surface area contributed by atoms with Crippen molar-refractivity contribution in [3.05, 3.63) is 22.2 Å². The summed E-state index contributed by atoms with van der Waals surface area (Å²) in [5, 5.41) is 9.34. The summed E-state index contributed by atoms with van der Waals surface area (Å²) >= 11 is 3.29. The van der Waals surface area contributed by atoms with Crippen LogP contribution in [-0.2, 0) is 0 Å². The Hall–Kier alpha value is -1.01. The molecule has 0 fully saturated rings. The predicted octanol–water partition coefficient (Wildman–Crippen LogP) is 4.54. The third-order valence-electron chi connectivity index (χ3n) is 3.63. The summed E-state index contributed by atoms with van der Waals surface area (Å²) in [6.45, 7) is 10.4. The molecule has 4 nitrogen and oxygen atoms in total. The van der Waals surface area contributed by atoms with Gasteiger partial charge in [-0.1, -0.05) is 36.7 Å². The van der Waals surface area contributed by atoms with Crippen molar-refractivity contribution in [3.63, 3.8) is 0 Å². The van der Waals surface area contributed by atoms with E-state index in [1.54, 1.807) is 6.07 Å². The number of methoxy groups -OCH3 is 1. The van der Waals surface area contributed by atoms with E-state index in [0.29, 0.717) is 16.0 Å². The van der Waals surface area contributed by atoms with Gasteiger partial charge in [-0.3, -0.25) is 0 Å². The van der Waals surface area contributed by atoms with E-state index in [-0.39, 0.29) is 10.6 Å². The van der Waals surface area contributed by atoms with Gasteiger partial charge in [0.05, 0.1) is 7.11 Å². The molecule has 0 saturated heterocycles. The molecule has 0 amide bonds. The van der Waals surface area contributed by atoms with Crippen molar-refractivity contribution in [2.24, 2.45) is 0 Å². The van der Waals surface area contributed by atoms with Crippen LogP contribution in [0.3, 0.4) is 0 Å². The highest BCUT2D eigenvalue weighted by Gasteiger charge is 2.40. The van der Waals surface area contributed by atoms with E-state index in [1.165, 1.54) is 13.2 Å². The second-order valence-corrected chi connectivity index (χ2v) is 11.8. The van der Waals surface area contributed by atoms with Crippen molar-refractivity contribution in [1.82, 2.24) is 0 Å². The maximum Gasteiger partial charge on any atom is 0.339 e. The molecule has 20 heavy (non-hydrogen) atoms. The molecule has 112 valence electrons. The Kier molecular flexibility index (Phi) is 4.92. The van der Waals surface area contributed by atoms with Crippen LogP contribution in [-0.4, -0.2) is 26.5 Å². The molecule has 0 spiro atoms. The summed E-state index contributed by atoms with van der Waals surface area (Å²) in [7, 11) is -0.641. The fourth-order valence-electron chi connectivity index (χ4n) is 1.39. The number of hydrogen-bond donors (Lipinski definition) is 1. The molecule has 1 aromatic carbocycles. The zero-order valence-corrected chi connectivity index (χ0v) is 15.3. The Labute approximate surface area is 129 Å². The smallest absolute Gasteiger partial charge is 0.339 e. The number of carboxylic acids is 1. The fourth-order valence-corrected chi connectivity index (χ4v) is 2.86. The maximum atomic E-state index is 11.4. The van der Waals surface area contributed by atoms with Gasteiger partial charge in [0.15, 0.2) is 11.5 Å². The molecule has 0 saturated carbocycles.